The van der Waals surface area contributed by atoms with Crippen LogP contribution in [-0.2, 0) is 24.3 Å². The molecule has 1 aliphatic rings. The maximum Gasteiger partial charge on any atom is 0.277 e. The predicted molar refractivity (Wildman–Crippen MR) is 127 cm³/mol. The molecule has 1 aliphatic heterocycles. The molecule has 33 heavy (non-hydrogen) atoms. The van der Waals surface area contributed by atoms with Gasteiger partial charge in [0.25, 0.3) is 5.56 Å². The molecule has 1 atom stereocenters. The summed E-state index contributed by atoms with van der Waals surface area (Å²) < 4.78 is 1.54. The van der Waals surface area contributed by atoms with Crippen LogP contribution in [0.2, 0.25) is 0 Å². The molecule has 4 aromatic rings. The molecule has 8 nitrogen and oxygen atoms in total. The largest absolute Gasteiger partial charge is 0.375 e. The minimum absolute atomic E-state index is 0.180. The number of rotatable bonds is 6. The fourth-order valence-electron chi connectivity index (χ4n) is 4.57. The third kappa shape index (κ3) is 4.24. The molecule has 0 saturated carbocycles. The Morgan fingerprint density at radius 3 is 2.76 bits per heavy atom. The number of pyridine rings is 1. The second-order valence-electron chi connectivity index (χ2n) is 8.64. The van der Waals surface area contributed by atoms with Gasteiger partial charge in [0.05, 0.1) is 12.7 Å². The van der Waals surface area contributed by atoms with E-state index in [0.717, 1.165) is 22.2 Å². The Hall–Kier alpha value is -3.94. The number of H-pyrrole nitrogens is 1. The lowest BCUT2D eigenvalue weighted by molar-refractivity contribution is -0.124. The van der Waals surface area contributed by atoms with Crippen molar-refractivity contribution >= 4 is 22.5 Å². The maximum atomic E-state index is 13.2. The standard InChI is InChI=1S/C25H26N6O2/c1-15-7-16(2)9-17(8-15)11-27-21-14-28-23-4-3-22(31(23)25(21)33)24(32)29-13-19-10-18-12-26-6-5-20(18)30-19/h5-10,12,14,22,27,30H,3-4,11,13H2,1-2H3,(H,29,32)/t22-/m0/s1. The molecule has 0 aliphatic carbocycles. The van der Waals surface area contributed by atoms with Gasteiger partial charge in [-0.2, -0.15) is 0 Å². The number of benzene rings is 1. The second-order valence-corrected chi connectivity index (χ2v) is 8.64. The summed E-state index contributed by atoms with van der Waals surface area (Å²) >= 11 is 0. The van der Waals surface area contributed by atoms with E-state index in [1.165, 1.54) is 15.7 Å². The van der Waals surface area contributed by atoms with Crippen molar-refractivity contribution in [3.63, 3.8) is 0 Å². The van der Waals surface area contributed by atoms with E-state index < -0.39 is 6.04 Å². The van der Waals surface area contributed by atoms with Crippen molar-refractivity contribution in [3.8, 4) is 0 Å². The highest BCUT2D eigenvalue weighted by Crippen LogP contribution is 2.24. The van der Waals surface area contributed by atoms with Crippen molar-refractivity contribution in [1.82, 2.24) is 24.8 Å². The first kappa shape index (κ1) is 20.9. The van der Waals surface area contributed by atoms with Crippen molar-refractivity contribution in [2.45, 2.75) is 45.8 Å². The van der Waals surface area contributed by atoms with Gasteiger partial charge in [0, 0.05) is 42.0 Å². The van der Waals surface area contributed by atoms with Crippen molar-refractivity contribution in [1.29, 1.82) is 0 Å². The number of hydrogen-bond acceptors (Lipinski definition) is 5. The molecule has 4 heterocycles. The summed E-state index contributed by atoms with van der Waals surface area (Å²) in [6.07, 6.45) is 6.24. The number of nitrogens with zero attached hydrogens (tertiary/aromatic N) is 3. The summed E-state index contributed by atoms with van der Waals surface area (Å²) in [7, 11) is 0. The Kier molecular flexibility index (Phi) is 5.42. The number of carbonyl (C=O) groups is 1. The molecule has 0 unspecified atom stereocenters. The third-order valence-corrected chi connectivity index (χ3v) is 6.02. The van der Waals surface area contributed by atoms with Crippen LogP contribution in [0.25, 0.3) is 10.9 Å². The number of anilines is 1. The van der Waals surface area contributed by atoms with E-state index in [0.29, 0.717) is 37.4 Å². The minimum Gasteiger partial charge on any atom is -0.375 e. The van der Waals surface area contributed by atoms with Crippen LogP contribution in [-0.4, -0.2) is 25.4 Å². The molecule has 0 saturated heterocycles. The summed E-state index contributed by atoms with van der Waals surface area (Å²) in [5, 5.41) is 7.16. The van der Waals surface area contributed by atoms with Crippen LogP contribution in [0.3, 0.4) is 0 Å². The summed E-state index contributed by atoms with van der Waals surface area (Å²) in [5.74, 6) is 0.467. The Bertz CT molecular complexity index is 1350. The number of carbonyl (C=O) groups excluding carboxylic acids is 1. The minimum atomic E-state index is -0.561. The number of fused-ring (bicyclic) bond motifs is 2. The number of aryl methyl sites for hydroxylation is 3. The lowest BCUT2D eigenvalue weighted by Gasteiger charge is -2.15. The van der Waals surface area contributed by atoms with Crippen molar-refractivity contribution in [2.75, 3.05) is 5.32 Å². The van der Waals surface area contributed by atoms with Gasteiger partial charge >= 0.3 is 0 Å². The first-order chi connectivity index (χ1) is 16.0. The van der Waals surface area contributed by atoms with E-state index in [9.17, 15) is 9.59 Å². The van der Waals surface area contributed by atoms with Gasteiger partial charge in [-0.05, 0) is 38.0 Å². The van der Waals surface area contributed by atoms with Crippen LogP contribution >= 0.6 is 0 Å². The monoisotopic (exact) mass is 442 g/mol. The van der Waals surface area contributed by atoms with Gasteiger partial charge in [0.15, 0.2) is 0 Å². The first-order valence-corrected chi connectivity index (χ1v) is 11.1. The van der Waals surface area contributed by atoms with Crippen molar-refractivity contribution in [3.05, 3.63) is 87.5 Å². The summed E-state index contributed by atoms with van der Waals surface area (Å²) in [6.45, 7) is 4.98. The molecule has 8 heteroatoms. The summed E-state index contributed by atoms with van der Waals surface area (Å²) in [5.41, 5.74) is 5.51. The van der Waals surface area contributed by atoms with Crippen LogP contribution in [0.4, 0.5) is 5.69 Å². The number of hydrogen-bond donors (Lipinski definition) is 3. The van der Waals surface area contributed by atoms with Crippen LogP contribution in [0, 0.1) is 13.8 Å². The number of aromatic amines is 1. The smallest absolute Gasteiger partial charge is 0.277 e. The summed E-state index contributed by atoms with van der Waals surface area (Å²) in [4.78, 5) is 38.0. The van der Waals surface area contributed by atoms with E-state index >= 15 is 0 Å². The van der Waals surface area contributed by atoms with Gasteiger partial charge in [-0.15, -0.1) is 0 Å². The van der Waals surface area contributed by atoms with E-state index in [1.807, 2.05) is 12.1 Å². The molecule has 168 valence electrons. The molecule has 0 bridgehead atoms. The molecule has 3 N–H and O–H groups in total. The van der Waals surface area contributed by atoms with E-state index in [2.05, 4.69) is 57.6 Å². The Labute approximate surface area is 191 Å². The van der Waals surface area contributed by atoms with Crippen LogP contribution < -0.4 is 16.2 Å². The number of aromatic nitrogens is 4. The van der Waals surface area contributed by atoms with Crippen LogP contribution in [0.1, 0.15) is 40.7 Å². The fraction of sp³-hybridized carbons (Fsp3) is 0.280. The highest BCUT2D eigenvalue weighted by Gasteiger charge is 2.31. The molecular formula is C25H26N6O2. The molecule has 0 radical (unpaired) electrons. The zero-order valence-electron chi connectivity index (χ0n) is 18.7. The summed E-state index contributed by atoms with van der Waals surface area (Å²) in [6, 6.07) is 9.60. The van der Waals surface area contributed by atoms with E-state index in [-0.39, 0.29) is 11.5 Å². The van der Waals surface area contributed by atoms with Crippen molar-refractivity contribution in [2.24, 2.45) is 0 Å². The lowest BCUT2D eigenvalue weighted by Crippen LogP contribution is -2.36. The zero-order valence-corrected chi connectivity index (χ0v) is 18.7. The van der Waals surface area contributed by atoms with Gasteiger partial charge < -0.3 is 15.6 Å². The SMILES string of the molecule is Cc1cc(C)cc(CNc2cnc3n(c2=O)[C@H](C(=O)NCc2cc4cnccc4[nH]2)CC3)c1. The van der Waals surface area contributed by atoms with Crippen LogP contribution in [0.15, 0.2) is 53.7 Å². The highest BCUT2D eigenvalue weighted by molar-refractivity contribution is 5.82. The van der Waals surface area contributed by atoms with Gasteiger partial charge in [-0.25, -0.2) is 4.98 Å². The molecule has 5 rings (SSSR count). The van der Waals surface area contributed by atoms with E-state index in [4.69, 9.17) is 0 Å². The van der Waals surface area contributed by atoms with Gasteiger partial charge in [0.2, 0.25) is 5.91 Å². The van der Waals surface area contributed by atoms with Gasteiger partial charge in [-0.1, -0.05) is 29.3 Å². The number of amides is 1. The molecular weight excluding hydrogens is 416 g/mol. The highest BCUT2D eigenvalue weighted by atomic mass is 16.2. The molecule has 0 spiro atoms. The van der Waals surface area contributed by atoms with Crippen molar-refractivity contribution < 1.29 is 4.79 Å². The van der Waals surface area contributed by atoms with Gasteiger partial charge in [0.1, 0.15) is 17.6 Å². The van der Waals surface area contributed by atoms with E-state index in [1.54, 1.807) is 18.6 Å². The quantitative estimate of drug-likeness (QED) is 0.426. The maximum absolute atomic E-state index is 13.2. The van der Waals surface area contributed by atoms with Crippen LogP contribution in [0.5, 0.6) is 0 Å². The normalized spacial score (nSPS) is 14.9. The fourth-order valence-corrected chi connectivity index (χ4v) is 4.57. The third-order valence-electron chi connectivity index (χ3n) is 6.02. The lowest BCUT2D eigenvalue weighted by atomic mass is 10.1. The Morgan fingerprint density at radius 2 is 1.97 bits per heavy atom. The molecule has 0 fully saturated rings. The molecule has 1 amide bonds. The Balaban J connectivity index is 1.30. The average molecular weight is 443 g/mol. The second kappa shape index (κ2) is 8.54. The zero-order chi connectivity index (χ0) is 22.9. The molecule has 1 aromatic carbocycles. The average Bonchev–Trinajstić information content (AvgIpc) is 3.41. The topological polar surface area (TPSA) is 105 Å². The Morgan fingerprint density at radius 1 is 1.15 bits per heavy atom. The first-order valence-electron chi connectivity index (χ1n) is 11.1. The predicted octanol–water partition coefficient (Wildman–Crippen LogP) is 3.15. The van der Waals surface area contributed by atoms with Gasteiger partial charge in [-0.3, -0.25) is 19.1 Å². The number of nitrogens with one attached hydrogen (secondary N) is 3. The molecule has 3 aromatic heterocycles.